The van der Waals surface area contributed by atoms with Gasteiger partial charge in [-0.25, -0.2) is 0 Å². The van der Waals surface area contributed by atoms with Crippen molar-refractivity contribution in [1.29, 1.82) is 0 Å². The summed E-state index contributed by atoms with van der Waals surface area (Å²) >= 11 is 0. The fourth-order valence-electron chi connectivity index (χ4n) is 2.41. The SMILES string of the molecule is CC1c2cn(C)nc2-c2nccc(N)c2N1C. The summed E-state index contributed by atoms with van der Waals surface area (Å²) in [4.78, 5) is 6.58. The molecule has 2 aromatic rings. The highest BCUT2D eigenvalue weighted by molar-refractivity contribution is 5.86. The fraction of sp³-hybridized carbons (Fsp3) is 0.333. The molecule has 1 unspecified atom stereocenters. The zero-order valence-electron chi connectivity index (χ0n) is 10.2. The molecule has 0 radical (unpaired) electrons. The minimum absolute atomic E-state index is 0.262. The second-order valence-corrected chi connectivity index (χ2v) is 4.49. The molecule has 88 valence electrons. The number of anilines is 2. The first kappa shape index (κ1) is 10.1. The maximum atomic E-state index is 6.04. The fourth-order valence-corrected chi connectivity index (χ4v) is 2.41. The summed E-state index contributed by atoms with van der Waals surface area (Å²) < 4.78 is 1.83. The van der Waals surface area contributed by atoms with E-state index in [1.54, 1.807) is 6.20 Å². The summed E-state index contributed by atoms with van der Waals surface area (Å²) in [7, 11) is 3.97. The van der Waals surface area contributed by atoms with E-state index in [1.807, 2.05) is 31.0 Å². The van der Waals surface area contributed by atoms with Gasteiger partial charge in [0.25, 0.3) is 0 Å². The lowest BCUT2D eigenvalue weighted by molar-refractivity contribution is 0.728. The number of hydrogen-bond donors (Lipinski definition) is 1. The lowest BCUT2D eigenvalue weighted by Crippen LogP contribution is -2.27. The number of nitrogens with two attached hydrogens (primary N) is 1. The van der Waals surface area contributed by atoms with Crippen LogP contribution in [-0.4, -0.2) is 21.8 Å². The van der Waals surface area contributed by atoms with E-state index in [4.69, 9.17) is 5.73 Å². The first-order valence-corrected chi connectivity index (χ1v) is 5.61. The number of nitrogen functional groups attached to an aromatic ring is 1. The third-order valence-electron chi connectivity index (χ3n) is 3.42. The van der Waals surface area contributed by atoms with Gasteiger partial charge in [0.15, 0.2) is 0 Å². The molecule has 1 aliphatic rings. The lowest BCUT2D eigenvalue weighted by atomic mass is 9.98. The second-order valence-electron chi connectivity index (χ2n) is 4.49. The van der Waals surface area contributed by atoms with E-state index in [1.165, 1.54) is 5.56 Å². The molecule has 2 aromatic heterocycles. The summed E-state index contributed by atoms with van der Waals surface area (Å²) in [5, 5.41) is 4.49. The van der Waals surface area contributed by atoms with Gasteiger partial charge in [-0.3, -0.25) is 9.67 Å². The topological polar surface area (TPSA) is 60.0 Å². The lowest BCUT2D eigenvalue weighted by Gasteiger charge is -2.33. The van der Waals surface area contributed by atoms with Crippen molar-refractivity contribution in [2.45, 2.75) is 13.0 Å². The van der Waals surface area contributed by atoms with E-state index < -0.39 is 0 Å². The molecule has 3 rings (SSSR count). The van der Waals surface area contributed by atoms with Crippen molar-refractivity contribution in [1.82, 2.24) is 14.8 Å². The number of nitrogens with zero attached hydrogens (tertiary/aromatic N) is 4. The molecular weight excluding hydrogens is 214 g/mol. The first-order valence-electron chi connectivity index (χ1n) is 5.61. The van der Waals surface area contributed by atoms with Gasteiger partial charge in [-0.1, -0.05) is 0 Å². The van der Waals surface area contributed by atoms with Gasteiger partial charge in [0.2, 0.25) is 0 Å². The Morgan fingerprint density at radius 2 is 2.06 bits per heavy atom. The van der Waals surface area contributed by atoms with E-state index in [9.17, 15) is 0 Å². The van der Waals surface area contributed by atoms with Gasteiger partial charge >= 0.3 is 0 Å². The Balaban J connectivity index is 2.35. The predicted octanol–water partition coefficient (Wildman–Crippen LogP) is 1.58. The number of fused-ring (bicyclic) bond motifs is 3. The Morgan fingerprint density at radius 3 is 2.82 bits per heavy atom. The van der Waals surface area contributed by atoms with Gasteiger partial charge in [0.05, 0.1) is 17.4 Å². The van der Waals surface area contributed by atoms with Crippen LogP contribution in [0.4, 0.5) is 11.4 Å². The summed E-state index contributed by atoms with van der Waals surface area (Å²) in [6.45, 7) is 2.15. The Labute approximate surface area is 99.9 Å². The van der Waals surface area contributed by atoms with Gasteiger partial charge in [0, 0.05) is 32.1 Å². The van der Waals surface area contributed by atoms with Crippen LogP contribution in [0.5, 0.6) is 0 Å². The molecule has 0 saturated carbocycles. The zero-order valence-corrected chi connectivity index (χ0v) is 10.2. The van der Waals surface area contributed by atoms with E-state index in [2.05, 4.69) is 21.9 Å². The molecule has 1 atom stereocenters. The molecule has 0 fully saturated rings. The second kappa shape index (κ2) is 3.23. The number of aryl methyl sites for hydroxylation is 1. The first-order chi connectivity index (χ1) is 8.09. The molecule has 0 aliphatic carbocycles. The largest absolute Gasteiger partial charge is 0.397 e. The van der Waals surface area contributed by atoms with Crippen LogP contribution in [-0.2, 0) is 7.05 Å². The molecule has 0 aromatic carbocycles. The van der Waals surface area contributed by atoms with Crippen LogP contribution < -0.4 is 10.6 Å². The van der Waals surface area contributed by atoms with E-state index in [-0.39, 0.29) is 6.04 Å². The summed E-state index contributed by atoms with van der Waals surface area (Å²) in [5.41, 5.74) is 10.8. The minimum Gasteiger partial charge on any atom is -0.397 e. The van der Waals surface area contributed by atoms with Crippen LogP contribution >= 0.6 is 0 Å². The monoisotopic (exact) mass is 229 g/mol. The Bertz CT molecular complexity index is 587. The third-order valence-corrected chi connectivity index (χ3v) is 3.42. The van der Waals surface area contributed by atoms with E-state index in [0.717, 1.165) is 22.8 Å². The Morgan fingerprint density at radius 1 is 1.29 bits per heavy atom. The van der Waals surface area contributed by atoms with Crippen molar-refractivity contribution in [3.63, 3.8) is 0 Å². The van der Waals surface area contributed by atoms with Gasteiger partial charge in [0.1, 0.15) is 11.4 Å². The quantitative estimate of drug-likeness (QED) is 0.745. The normalized spacial score (nSPS) is 17.8. The van der Waals surface area contributed by atoms with Gasteiger partial charge in [-0.15, -0.1) is 0 Å². The highest BCUT2D eigenvalue weighted by Gasteiger charge is 2.30. The predicted molar refractivity (Wildman–Crippen MR) is 67.7 cm³/mol. The van der Waals surface area contributed by atoms with Crippen LogP contribution in [0.3, 0.4) is 0 Å². The summed E-state index contributed by atoms with van der Waals surface area (Å²) in [5.74, 6) is 0. The molecule has 5 heteroatoms. The molecular formula is C12H15N5. The molecule has 0 amide bonds. The van der Waals surface area contributed by atoms with Crippen molar-refractivity contribution in [2.24, 2.45) is 7.05 Å². The Hall–Kier alpha value is -2.04. The van der Waals surface area contributed by atoms with Crippen LogP contribution in [0.25, 0.3) is 11.4 Å². The van der Waals surface area contributed by atoms with Crippen molar-refractivity contribution in [3.8, 4) is 11.4 Å². The van der Waals surface area contributed by atoms with Crippen LogP contribution in [0.1, 0.15) is 18.5 Å². The Kier molecular flexibility index (Phi) is 1.92. The molecule has 17 heavy (non-hydrogen) atoms. The molecule has 1 aliphatic heterocycles. The highest BCUT2D eigenvalue weighted by Crippen LogP contribution is 2.44. The third kappa shape index (κ3) is 1.25. The molecule has 0 saturated heterocycles. The summed E-state index contributed by atoms with van der Waals surface area (Å²) in [6.07, 6.45) is 3.78. The smallest absolute Gasteiger partial charge is 0.118 e. The number of pyridine rings is 1. The van der Waals surface area contributed by atoms with Gasteiger partial charge < -0.3 is 10.6 Å². The average Bonchev–Trinajstić information content (AvgIpc) is 2.68. The van der Waals surface area contributed by atoms with E-state index >= 15 is 0 Å². The number of aromatic nitrogens is 3. The molecule has 5 nitrogen and oxygen atoms in total. The minimum atomic E-state index is 0.262. The standard InChI is InChI=1S/C12H15N5/c1-7-8-6-16(2)15-10(8)11-12(17(7)3)9(13)4-5-14-11/h4-7H,1-3H3,(H2,13,14). The maximum absolute atomic E-state index is 6.04. The molecule has 0 bridgehead atoms. The van der Waals surface area contributed by atoms with E-state index in [0.29, 0.717) is 0 Å². The average molecular weight is 229 g/mol. The summed E-state index contributed by atoms with van der Waals surface area (Å²) in [6, 6.07) is 2.09. The van der Waals surface area contributed by atoms with Crippen molar-refractivity contribution < 1.29 is 0 Å². The van der Waals surface area contributed by atoms with Crippen LogP contribution in [0.2, 0.25) is 0 Å². The molecule has 0 spiro atoms. The van der Waals surface area contributed by atoms with Crippen LogP contribution in [0, 0.1) is 0 Å². The van der Waals surface area contributed by atoms with Crippen molar-refractivity contribution in [3.05, 3.63) is 24.0 Å². The maximum Gasteiger partial charge on any atom is 0.118 e. The highest BCUT2D eigenvalue weighted by atomic mass is 15.3. The van der Waals surface area contributed by atoms with Crippen molar-refractivity contribution in [2.75, 3.05) is 17.7 Å². The van der Waals surface area contributed by atoms with Crippen LogP contribution in [0.15, 0.2) is 18.5 Å². The molecule has 2 N–H and O–H groups in total. The van der Waals surface area contributed by atoms with Gasteiger partial charge in [-0.2, -0.15) is 5.10 Å². The molecule has 3 heterocycles. The zero-order chi connectivity index (χ0) is 12.2. The number of rotatable bonds is 0. The van der Waals surface area contributed by atoms with Gasteiger partial charge in [-0.05, 0) is 13.0 Å². The van der Waals surface area contributed by atoms with Crippen molar-refractivity contribution >= 4 is 11.4 Å². The number of hydrogen-bond acceptors (Lipinski definition) is 4.